The van der Waals surface area contributed by atoms with Crippen molar-refractivity contribution in [2.24, 2.45) is 0 Å². The van der Waals surface area contributed by atoms with Crippen LogP contribution in [-0.4, -0.2) is 25.4 Å². The normalized spacial score (nSPS) is 10.9. The van der Waals surface area contributed by atoms with Gasteiger partial charge in [-0.25, -0.2) is 4.98 Å². The molecule has 0 amide bonds. The molecule has 3 N–H and O–H groups in total. The summed E-state index contributed by atoms with van der Waals surface area (Å²) in [5, 5.41) is 18.3. The monoisotopic (exact) mass is 228 g/mol. The largest absolute Gasteiger partial charge is 0.337 e. The summed E-state index contributed by atoms with van der Waals surface area (Å²) in [6.07, 6.45) is 3.56. The highest BCUT2D eigenvalue weighted by Crippen LogP contribution is 2.25. The molecule has 0 radical (unpaired) electrons. The maximum absolute atomic E-state index is 4.34. The molecule has 3 aromatic rings. The second-order valence-corrected chi connectivity index (χ2v) is 3.90. The van der Waals surface area contributed by atoms with Crippen LogP contribution in [0.25, 0.3) is 10.9 Å². The molecule has 17 heavy (non-hydrogen) atoms. The number of pyridine rings is 1. The molecule has 0 aliphatic carbocycles. The summed E-state index contributed by atoms with van der Waals surface area (Å²) in [5.74, 6) is 0.790. The van der Waals surface area contributed by atoms with E-state index in [1.165, 1.54) is 0 Å². The molecular formula is C11H12N6. The molecule has 86 valence electrons. The van der Waals surface area contributed by atoms with Crippen LogP contribution in [0.5, 0.6) is 0 Å². The molecule has 3 aromatic heterocycles. The van der Waals surface area contributed by atoms with Gasteiger partial charge >= 0.3 is 0 Å². The lowest BCUT2D eigenvalue weighted by Crippen LogP contribution is -1.94. The quantitative estimate of drug-likeness (QED) is 0.626. The second-order valence-electron chi connectivity index (χ2n) is 3.90. The summed E-state index contributed by atoms with van der Waals surface area (Å²) in [7, 11) is 0. The molecule has 0 bridgehead atoms. The van der Waals surface area contributed by atoms with Gasteiger partial charge in [0.15, 0.2) is 0 Å². The lowest BCUT2D eigenvalue weighted by Gasteiger charge is -2.05. The first kappa shape index (κ1) is 9.83. The molecule has 0 aromatic carbocycles. The van der Waals surface area contributed by atoms with Gasteiger partial charge < -0.3 is 5.32 Å². The Morgan fingerprint density at radius 3 is 2.82 bits per heavy atom. The molecule has 6 nitrogen and oxygen atoms in total. The number of anilines is 2. The number of fused-ring (bicyclic) bond motifs is 1. The Bertz CT molecular complexity index is 665. The summed E-state index contributed by atoms with van der Waals surface area (Å²) >= 11 is 0. The Morgan fingerprint density at radius 2 is 2.06 bits per heavy atom. The zero-order chi connectivity index (χ0) is 11.8. The zero-order valence-corrected chi connectivity index (χ0v) is 9.57. The molecule has 0 atom stereocenters. The van der Waals surface area contributed by atoms with Crippen molar-refractivity contribution < 1.29 is 0 Å². The summed E-state index contributed by atoms with van der Waals surface area (Å²) in [4.78, 5) is 4.34. The highest BCUT2D eigenvalue weighted by molar-refractivity contribution is 5.92. The van der Waals surface area contributed by atoms with Gasteiger partial charge in [-0.2, -0.15) is 10.2 Å². The van der Waals surface area contributed by atoms with Crippen LogP contribution in [0, 0.1) is 13.8 Å². The molecule has 3 heterocycles. The third kappa shape index (κ3) is 1.54. The molecule has 0 aliphatic rings. The van der Waals surface area contributed by atoms with Crippen molar-refractivity contribution in [2.45, 2.75) is 13.8 Å². The molecule has 0 aliphatic heterocycles. The minimum atomic E-state index is 0.790. The minimum Gasteiger partial charge on any atom is -0.337 e. The van der Waals surface area contributed by atoms with Crippen LogP contribution >= 0.6 is 0 Å². The number of aromatic nitrogens is 5. The number of H-pyrrole nitrogens is 2. The minimum absolute atomic E-state index is 0.790. The van der Waals surface area contributed by atoms with Crippen LogP contribution in [0.15, 0.2) is 18.5 Å². The van der Waals surface area contributed by atoms with Crippen LogP contribution < -0.4 is 5.32 Å². The van der Waals surface area contributed by atoms with Crippen molar-refractivity contribution in [3.63, 3.8) is 0 Å². The van der Waals surface area contributed by atoms with Crippen molar-refractivity contribution in [2.75, 3.05) is 5.32 Å². The first-order chi connectivity index (χ1) is 8.25. The number of nitrogens with zero attached hydrogens (tertiary/aromatic N) is 3. The van der Waals surface area contributed by atoms with E-state index >= 15 is 0 Å². The Hall–Kier alpha value is -2.37. The number of aryl methyl sites for hydroxylation is 2. The highest BCUT2D eigenvalue weighted by Gasteiger charge is 2.09. The van der Waals surface area contributed by atoms with Crippen molar-refractivity contribution in [1.82, 2.24) is 25.4 Å². The van der Waals surface area contributed by atoms with Gasteiger partial charge in [0.2, 0.25) is 0 Å². The molecular weight excluding hydrogens is 216 g/mol. The number of rotatable bonds is 2. The predicted molar refractivity (Wildman–Crippen MR) is 65.2 cm³/mol. The standard InChI is InChI=1S/C11H12N6/c1-6-9(5-13-15-6)14-11-10-7(2)16-17-8(10)3-4-12-11/h3-5H,1-2H3,(H,12,14)(H,13,15)(H,16,17). The molecule has 0 unspecified atom stereocenters. The van der Waals surface area contributed by atoms with Crippen LogP contribution in [0.3, 0.4) is 0 Å². The fraction of sp³-hybridized carbons (Fsp3) is 0.182. The highest BCUT2D eigenvalue weighted by atomic mass is 15.2. The van der Waals surface area contributed by atoms with Gasteiger partial charge in [0.05, 0.1) is 28.0 Å². The number of hydrogen-bond donors (Lipinski definition) is 3. The Balaban J connectivity index is 2.12. The third-order valence-corrected chi connectivity index (χ3v) is 2.74. The number of nitrogens with one attached hydrogen (secondary N) is 3. The van der Waals surface area contributed by atoms with E-state index in [2.05, 4.69) is 30.7 Å². The molecule has 3 rings (SSSR count). The maximum Gasteiger partial charge on any atom is 0.141 e. The predicted octanol–water partition coefficient (Wildman–Crippen LogP) is 2.04. The fourth-order valence-corrected chi connectivity index (χ4v) is 1.83. The van der Waals surface area contributed by atoms with Crippen molar-refractivity contribution in [3.05, 3.63) is 29.8 Å². The van der Waals surface area contributed by atoms with Crippen LogP contribution in [0.1, 0.15) is 11.4 Å². The van der Waals surface area contributed by atoms with E-state index in [0.29, 0.717) is 0 Å². The average molecular weight is 228 g/mol. The third-order valence-electron chi connectivity index (χ3n) is 2.74. The summed E-state index contributed by atoms with van der Waals surface area (Å²) in [6, 6.07) is 1.91. The SMILES string of the molecule is Cc1n[nH]cc1Nc1nccc2[nH]nc(C)c12. The molecule has 0 saturated carbocycles. The van der Waals surface area contributed by atoms with E-state index in [0.717, 1.165) is 33.8 Å². The number of aromatic amines is 2. The van der Waals surface area contributed by atoms with E-state index in [4.69, 9.17) is 0 Å². The van der Waals surface area contributed by atoms with E-state index in [9.17, 15) is 0 Å². The van der Waals surface area contributed by atoms with Crippen molar-refractivity contribution in [1.29, 1.82) is 0 Å². The Labute approximate surface area is 97.5 Å². The van der Waals surface area contributed by atoms with Gasteiger partial charge in [-0.1, -0.05) is 0 Å². The molecule has 0 fully saturated rings. The summed E-state index contributed by atoms with van der Waals surface area (Å²) in [6.45, 7) is 3.88. The van der Waals surface area contributed by atoms with Gasteiger partial charge in [0.25, 0.3) is 0 Å². The lowest BCUT2D eigenvalue weighted by molar-refractivity contribution is 1.05. The first-order valence-electron chi connectivity index (χ1n) is 5.33. The topological polar surface area (TPSA) is 82.3 Å². The first-order valence-corrected chi connectivity index (χ1v) is 5.33. The maximum atomic E-state index is 4.34. The van der Waals surface area contributed by atoms with Gasteiger partial charge in [-0.15, -0.1) is 0 Å². The van der Waals surface area contributed by atoms with Crippen molar-refractivity contribution >= 4 is 22.4 Å². The van der Waals surface area contributed by atoms with Crippen LogP contribution in [0.4, 0.5) is 11.5 Å². The van der Waals surface area contributed by atoms with E-state index in [1.54, 1.807) is 6.20 Å². The average Bonchev–Trinajstić information content (AvgIpc) is 2.88. The van der Waals surface area contributed by atoms with Crippen molar-refractivity contribution in [3.8, 4) is 0 Å². The smallest absolute Gasteiger partial charge is 0.141 e. The Kier molecular flexibility index (Phi) is 2.07. The Morgan fingerprint density at radius 1 is 1.18 bits per heavy atom. The molecule has 0 spiro atoms. The summed E-state index contributed by atoms with van der Waals surface area (Å²) < 4.78 is 0. The van der Waals surface area contributed by atoms with Gasteiger partial charge in [-0.3, -0.25) is 10.2 Å². The second kappa shape index (κ2) is 3.58. The van der Waals surface area contributed by atoms with Gasteiger partial charge in [0.1, 0.15) is 5.82 Å². The van der Waals surface area contributed by atoms with Crippen LogP contribution in [0.2, 0.25) is 0 Å². The van der Waals surface area contributed by atoms with Gasteiger partial charge in [-0.05, 0) is 19.9 Å². The van der Waals surface area contributed by atoms with E-state index < -0.39 is 0 Å². The molecule has 0 saturated heterocycles. The molecule has 6 heteroatoms. The lowest BCUT2D eigenvalue weighted by atomic mass is 10.2. The number of hydrogen-bond acceptors (Lipinski definition) is 4. The van der Waals surface area contributed by atoms with Crippen LogP contribution in [-0.2, 0) is 0 Å². The fourth-order valence-electron chi connectivity index (χ4n) is 1.83. The zero-order valence-electron chi connectivity index (χ0n) is 9.57. The van der Waals surface area contributed by atoms with Gasteiger partial charge in [0, 0.05) is 12.4 Å². The van der Waals surface area contributed by atoms with E-state index in [-0.39, 0.29) is 0 Å². The summed E-state index contributed by atoms with van der Waals surface area (Å²) in [5.41, 5.74) is 3.73. The van der Waals surface area contributed by atoms with E-state index in [1.807, 2.05) is 26.1 Å².